The molecule has 0 fully saturated rings. The molecule has 6 nitrogen and oxygen atoms in total. The summed E-state index contributed by atoms with van der Waals surface area (Å²) in [6, 6.07) is 142. The molecule has 24 rings (SSSR count). The second-order valence-corrected chi connectivity index (χ2v) is 30.5. The van der Waals surface area contributed by atoms with Gasteiger partial charge in [-0.3, -0.25) is 0 Å². The van der Waals surface area contributed by atoms with Crippen LogP contribution in [0.3, 0.4) is 0 Å². The Balaban J connectivity index is 0.657. The molecule has 0 aliphatic heterocycles. The van der Waals surface area contributed by atoms with Crippen molar-refractivity contribution in [3.8, 4) is 146 Å². The zero-order valence-corrected chi connectivity index (χ0v) is 61.6. The third kappa shape index (κ3) is 9.19. The van der Waals surface area contributed by atoms with Gasteiger partial charge in [0.25, 0.3) is 0 Å². The number of hydrogen-bond acceptors (Lipinski definition) is 6. The molecule has 0 saturated heterocycles. The highest BCUT2D eigenvalue weighted by Gasteiger charge is 2.54. The van der Waals surface area contributed by atoms with Crippen molar-refractivity contribution < 1.29 is 0 Å². The Morgan fingerprint density at radius 3 is 1.01 bits per heavy atom. The van der Waals surface area contributed by atoms with Crippen molar-refractivity contribution in [1.29, 1.82) is 0 Å². The van der Waals surface area contributed by atoms with Gasteiger partial charge in [0.1, 0.15) is 0 Å². The molecule has 114 heavy (non-hydrogen) atoms. The quantitative estimate of drug-likeness (QED) is 0.134. The molecule has 4 aliphatic rings. The fourth-order valence-corrected chi connectivity index (χ4v) is 20.1. The van der Waals surface area contributed by atoms with E-state index in [-0.39, 0.29) is 0 Å². The molecule has 2 unspecified atom stereocenters. The standard InChI is InChI=1S/C108H64N6/c1-4-29-67(30-5-1)101-109-102(68-31-6-2-7-32-68)112-105(111-101)98-75-37-12-10-27-65(75)51-56-77(98)72-53-58-84-81-41-18-22-47-90(81)107(95(84)63-72)91-48-23-20-43-83(91)89-62-71(55-60-94(89)107)70-35-26-36-74(61-70)104-110-103(69-33-8-3-9-34-69)113-106(114-104)99-76-38-13-11-28-66(76)52-57-78(99)73-54-59-85-82-42-19-24-49-92(82)108(96(85)64-73)93-50-25-21-46-88(93)97-86-44-16-14-39-79(86)80-40-15-17-45-87(80)100(97)108/h1-64H. The predicted molar refractivity (Wildman–Crippen MR) is 465 cm³/mol. The fraction of sp³-hybridized carbons (Fsp3) is 0.0185. The highest BCUT2D eigenvalue weighted by Crippen LogP contribution is 2.67. The maximum Gasteiger partial charge on any atom is 0.165 e. The van der Waals surface area contributed by atoms with Gasteiger partial charge >= 0.3 is 0 Å². The van der Waals surface area contributed by atoms with Gasteiger partial charge in [-0.2, -0.15) is 0 Å². The Morgan fingerprint density at radius 1 is 0.149 bits per heavy atom. The molecule has 2 heterocycles. The molecule has 6 heteroatoms. The second-order valence-electron chi connectivity index (χ2n) is 30.5. The van der Waals surface area contributed by atoms with Crippen LogP contribution in [0.1, 0.15) is 44.5 Å². The molecule has 0 saturated carbocycles. The molecule has 0 N–H and O–H groups in total. The van der Waals surface area contributed by atoms with Crippen LogP contribution in [0.2, 0.25) is 0 Å². The lowest BCUT2D eigenvalue weighted by Gasteiger charge is -2.32. The average Bonchev–Trinajstić information content (AvgIpc) is 1.50. The molecule has 0 radical (unpaired) electrons. The number of rotatable bonds is 9. The Morgan fingerprint density at radius 2 is 0.482 bits per heavy atom. The summed E-state index contributed by atoms with van der Waals surface area (Å²) >= 11 is 0. The topological polar surface area (TPSA) is 77.3 Å². The number of aromatic nitrogens is 6. The highest BCUT2D eigenvalue weighted by molar-refractivity contribution is 6.20. The van der Waals surface area contributed by atoms with E-state index in [0.29, 0.717) is 34.9 Å². The van der Waals surface area contributed by atoms with Gasteiger partial charge in [-0.25, -0.2) is 29.9 Å². The van der Waals surface area contributed by atoms with Gasteiger partial charge in [-0.15, -0.1) is 0 Å². The van der Waals surface area contributed by atoms with Crippen molar-refractivity contribution in [2.24, 2.45) is 0 Å². The van der Waals surface area contributed by atoms with E-state index in [1.165, 1.54) is 111 Å². The van der Waals surface area contributed by atoms with E-state index >= 15 is 0 Å². The average molecular weight is 1450 g/mol. The van der Waals surface area contributed by atoms with Crippen molar-refractivity contribution in [3.05, 3.63) is 433 Å². The lowest BCUT2D eigenvalue weighted by atomic mass is 9.68. The van der Waals surface area contributed by atoms with Crippen LogP contribution in [0, 0.1) is 0 Å². The lowest BCUT2D eigenvalue weighted by Crippen LogP contribution is -2.26. The Hall–Kier alpha value is -15.0. The van der Waals surface area contributed by atoms with Crippen LogP contribution in [-0.4, -0.2) is 29.9 Å². The molecule has 4 aliphatic carbocycles. The molecule has 526 valence electrons. The van der Waals surface area contributed by atoms with E-state index in [4.69, 9.17) is 29.9 Å². The van der Waals surface area contributed by atoms with E-state index in [2.05, 4.69) is 346 Å². The van der Waals surface area contributed by atoms with Crippen molar-refractivity contribution >= 4 is 43.1 Å². The van der Waals surface area contributed by atoms with Crippen molar-refractivity contribution in [3.63, 3.8) is 0 Å². The predicted octanol–water partition coefficient (Wildman–Crippen LogP) is 26.4. The van der Waals surface area contributed by atoms with Crippen molar-refractivity contribution in [2.75, 3.05) is 0 Å². The van der Waals surface area contributed by atoms with E-state index in [9.17, 15) is 0 Å². The van der Waals surface area contributed by atoms with E-state index in [1.807, 2.05) is 42.5 Å². The third-order valence-electron chi connectivity index (χ3n) is 24.8. The summed E-state index contributed by atoms with van der Waals surface area (Å²) in [6.45, 7) is 0. The molecule has 0 bridgehead atoms. The smallest absolute Gasteiger partial charge is 0.165 e. The van der Waals surface area contributed by atoms with Gasteiger partial charge in [-0.05, 0) is 190 Å². The summed E-state index contributed by atoms with van der Waals surface area (Å²) in [6.07, 6.45) is 0. The van der Waals surface area contributed by atoms with Crippen LogP contribution < -0.4 is 0 Å². The van der Waals surface area contributed by atoms with Crippen LogP contribution in [0.15, 0.2) is 388 Å². The first kappa shape index (κ1) is 63.9. The molecule has 20 aromatic rings. The number of hydrogen-bond donors (Lipinski definition) is 0. The second kappa shape index (κ2) is 24.8. The number of nitrogens with zero attached hydrogens (tertiary/aromatic N) is 6. The Bertz CT molecular complexity index is 7440. The van der Waals surface area contributed by atoms with Crippen LogP contribution in [0.5, 0.6) is 0 Å². The van der Waals surface area contributed by atoms with E-state index < -0.39 is 10.8 Å². The zero-order valence-electron chi connectivity index (χ0n) is 61.6. The highest BCUT2D eigenvalue weighted by atomic mass is 15.0. The van der Waals surface area contributed by atoms with Crippen LogP contribution in [0.25, 0.3) is 189 Å². The molecule has 2 atom stereocenters. The van der Waals surface area contributed by atoms with Crippen molar-refractivity contribution in [2.45, 2.75) is 10.8 Å². The maximum absolute atomic E-state index is 5.71. The first-order chi connectivity index (χ1) is 56.5. The van der Waals surface area contributed by atoms with Gasteiger partial charge in [-0.1, -0.05) is 364 Å². The monoisotopic (exact) mass is 1440 g/mol. The van der Waals surface area contributed by atoms with Crippen molar-refractivity contribution in [1.82, 2.24) is 29.9 Å². The van der Waals surface area contributed by atoms with Gasteiger partial charge in [0.05, 0.1) is 10.8 Å². The minimum absolute atomic E-state index is 0.583. The number of benzene rings is 18. The van der Waals surface area contributed by atoms with E-state index in [1.54, 1.807) is 0 Å². The van der Waals surface area contributed by atoms with Gasteiger partial charge in [0.15, 0.2) is 34.9 Å². The van der Waals surface area contributed by atoms with Crippen LogP contribution >= 0.6 is 0 Å². The molecule has 18 aromatic carbocycles. The molecule has 2 aromatic heterocycles. The normalized spacial score (nSPS) is 14.9. The first-order valence-corrected chi connectivity index (χ1v) is 39.1. The summed E-state index contributed by atoms with van der Waals surface area (Å²) < 4.78 is 0. The molecule has 2 spiro atoms. The SMILES string of the molecule is c1ccc(-c2nc(-c3ccccc3)nc(-c3c(-c4ccc5c(c4)C4(c6ccccc6-c6cc(-c7cccc(-c8nc(-c9ccccc9)nc(-c9c(-c%10ccc%11c(c%10)C%10(c%12ccccc%12-%11)c%11ccccc%11-c%11c%10c%10ccccc%10c%10ccccc%11%10)ccc%10ccccc9%10)n8)c7)ccc64)c4ccccc4-5)ccc4ccccc34)n2)cc1. The first-order valence-electron chi connectivity index (χ1n) is 39.1. The molecular formula is C108H64N6. The van der Waals surface area contributed by atoms with Gasteiger partial charge in [0, 0.05) is 33.4 Å². The van der Waals surface area contributed by atoms with Crippen LogP contribution in [0.4, 0.5) is 0 Å². The summed E-state index contributed by atoms with van der Waals surface area (Å²) in [7, 11) is 0. The van der Waals surface area contributed by atoms with Crippen LogP contribution in [-0.2, 0) is 10.8 Å². The minimum Gasteiger partial charge on any atom is -0.208 e. The van der Waals surface area contributed by atoms with E-state index in [0.717, 1.165) is 88.3 Å². The maximum atomic E-state index is 5.71. The summed E-state index contributed by atoms with van der Waals surface area (Å²) in [5, 5.41) is 9.38. The largest absolute Gasteiger partial charge is 0.208 e. The molecule has 0 amide bonds. The summed E-state index contributed by atoms with van der Waals surface area (Å²) in [5.41, 5.74) is 30.7. The Labute approximate surface area is 658 Å². The Kier molecular flexibility index (Phi) is 13.9. The van der Waals surface area contributed by atoms with Gasteiger partial charge in [0.2, 0.25) is 0 Å². The summed E-state index contributed by atoms with van der Waals surface area (Å²) in [4.78, 5) is 32.7. The van der Waals surface area contributed by atoms with Gasteiger partial charge < -0.3 is 0 Å². The zero-order chi connectivity index (χ0) is 74.7. The fourth-order valence-electron chi connectivity index (χ4n) is 20.1. The molecular weight excluding hydrogens is 1380 g/mol. The third-order valence-corrected chi connectivity index (χ3v) is 24.8. The number of fused-ring (bicyclic) bond motifs is 27. The minimum atomic E-state index is -0.654. The lowest BCUT2D eigenvalue weighted by molar-refractivity contribution is 0.794. The summed E-state index contributed by atoms with van der Waals surface area (Å²) in [5.74, 6) is 3.63.